The Hall–Kier alpha value is -0.900. The summed E-state index contributed by atoms with van der Waals surface area (Å²) in [5.74, 6) is 0. The molecular formula is C10H20N4. The third-order valence-electron chi connectivity index (χ3n) is 2.08. The molecule has 1 heterocycles. The number of nitrogens with zero attached hydrogens (tertiary/aromatic N) is 3. The third-order valence-corrected chi connectivity index (χ3v) is 2.08. The van der Waals surface area contributed by atoms with Crippen LogP contribution in [0.5, 0.6) is 0 Å². The minimum Gasteiger partial charge on any atom is -0.330 e. The van der Waals surface area contributed by atoms with Crippen molar-refractivity contribution in [3.8, 4) is 0 Å². The van der Waals surface area contributed by atoms with Gasteiger partial charge in [0.15, 0.2) is 0 Å². The lowest BCUT2D eigenvalue weighted by atomic mass is 9.92. The average molecular weight is 196 g/mol. The Morgan fingerprint density at radius 3 is 2.71 bits per heavy atom. The molecule has 0 radical (unpaired) electrons. The predicted molar refractivity (Wildman–Crippen MR) is 56.9 cm³/mol. The SMILES string of the molecule is CC(C)(C)CCn1cc(CCN)nn1. The molecule has 1 rings (SSSR count). The summed E-state index contributed by atoms with van der Waals surface area (Å²) in [5, 5.41) is 8.09. The molecule has 1 aromatic rings. The molecule has 14 heavy (non-hydrogen) atoms. The first-order valence-corrected chi connectivity index (χ1v) is 5.10. The van der Waals surface area contributed by atoms with Crippen LogP contribution in [-0.4, -0.2) is 21.5 Å². The molecule has 0 atom stereocenters. The Balaban J connectivity index is 2.44. The van der Waals surface area contributed by atoms with Gasteiger partial charge in [-0.2, -0.15) is 0 Å². The number of rotatable bonds is 4. The summed E-state index contributed by atoms with van der Waals surface area (Å²) in [6.45, 7) is 8.25. The largest absolute Gasteiger partial charge is 0.330 e. The normalized spacial score (nSPS) is 12.0. The summed E-state index contributed by atoms with van der Waals surface area (Å²) in [7, 11) is 0. The van der Waals surface area contributed by atoms with Crippen molar-refractivity contribution in [2.24, 2.45) is 11.1 Å². The lowest BCUT2D eigenvalue weighted by Crippen LogP contribution is -2.10. The van der Waals surface area contributed by atoms with E-state index >= 15 is 0 Å². The number of aromatic nitrogens is 3. The van der Waals surface area contributed by atoms with Crippen molar-refractivity contribution in [1.29, 1.82) is 0 Å². The van der Waals surface area contributed by atoms with Gasteiger partial charge in [0.1, 0.15) is 0 Å². The Morgan fingerprint density at radius 1 is 1.43 bits per heavy atom. The molecule has 80 valence electrons. The zero-order chi connectivity index (χ0) is 10.6. The maximum absolute atomic E-state index is 5.44. The fourth-order valence-corrected chi connectivity index (χ4v) is 1.16. The average Bonchev–Trinajstić information content (AvgIpc) is 2.49. The first kappa shape index (κ1) is 11.2. The molecule has 0 aliphatic rings. The highest BCUT2D eigenvalue weighted by Gasteiger charge is 2.10. The van der Waals surface area contributed by atoms with Crippen LogP contribution in [-0.2, 0) is 13.0 Å². The molecule has 4 heteroatoms. The maximum atomic E-state index is 5.44. The van der Waals surface area contributed by atoms with Gasteiger partial charge in [0.2, 0.25) is 0 Å². The van der Waals surface area contributed by atoms with Gasteiger partial charge in [-0.3, -0.25) is 4.68 Å². The van der Waals surface area contributed by atoms with Gasteiger partial charge in [0.05, 0.1) is 5.69 Å². The topological polar surface area (TPSA) is 56.7 Å². The van der Waals surface area contributed by atoms with Crippen LogP contribution in [0, 0.1) is 5.41 Å². The molecule has 0 fully saturated rings. The van der Waals surface area contributed by atoms with E-state index in [2.05, 4.69) is 31.1 Å². The van der Waals surface area contributed by atoms with E-state index in [1.807, 2.05) is 10.9 Å². The van der Waals surface area contributed by atoms with E-state index in [1.165, 1.54) is 0 Å². The second kappa shape index (κ2) is 4.55. The minimum absolute atomic E-state index is 0.347. The van der Waals surface area contributed by atoms with Crippen molar-refractivity contribution in [3.05, 3.63) is 11.9 Å². The molecule has 4 nitrogen and oxygen atoms in total. The highest BCUT2D eigenvalue weighted by molar-refractivity contribution is 4.92. The smallest absolute Gasteiger partial charge is 0.0839 e. The van der Waals surface area contributed by atoms with Gasteiger partial charge < -0.3 is 5.73 Å². The number of aryl methyl sites for hydroxylation is 1. The van der Waals surface area contributed by atoms with E-state index in [0.717, 1.165) is 25.1 Å². The van der Waals surface area contributed by atoms with Crippen molar-refractivity contribution in [2.75, 3.05) is 6.54 Å². The second-order valence-corrected chi connectivity index (χ2v) is 4.82. The summed E-state index contributed by atoms with van der Waals surface area (Å²) in [6, 6.07) is 0. The predicted octanol–water partition coefficient (Wildman–Crippen LogP) is 1.22. The molecule has 2 N–H and O–H groups in total. The van der Waals surface area contributed by atoms with E-state index in [9.17, 15) is 0 Å². The Kier molecular flexibility index (Phi) is 3.63. The highest BCUT2D eigenvalue weighted by atomic mass is 15.4. The van der Waals surface area contributed by atoms with E-state index in [1.54, 1.807) is 0 Å². The molecule has 0 saturated carbocycles. The van der Waals surface area contributed by atoms with E-state index < -0.39 is 0 Å². The van der Waals surface area contributed by atoms with Gasteiger partial charge in [-0.05, 0) is 18.4 Å². The Bertz CT molecular complexity index is 272. The quantitative estimate of drug-likeness (QED) is 0.787. The van der Waals surface area contributed by atoms with E-state index in [0.29, 0.717) is 12.0 Å². The lowest BCUT2D eigenvalue weighted by molar-refractivity contribution is 0.339. The van der Waals surface area contributed by atoms with Crippen molar-refractivity contribution < 1.29 is 0 Å². The highest BCUT2D eigenvalue weighted by Crippen LogP contribution is 2.18. The Labute approximate surface area is 85.5 Å². The summed E-state index contributed by atoms with van der Waals surface area (Å²) >= 11 is 0. The first-order chi connectivity index (χ1) is 6.51. The standard InChI is InChI=1S/C10H20N4/c1-10(2,3)5-7-14-8-9(4-6-11)12-13-14/h8H,4-7,11H2,1-3H3. The monoisotopic (exact) mass is 196 g/mol. The van der Waals surface area contributed by atoms with Crippen LogP contribution in [0.4, 0.5) is 0 Å². The molecule has 1 aromatic heterocycles. The molecule has 0 aliphatic carbocycles. The first-order valence-electron chi connectivity index (χ1n) is 5.10. The lowest BCUT2D eigenvalue weighted by Gasteiger charge is -2.17. The van der Waals surface area contributed by atoms with Crippen molar-refractivity contribution in [3.63, 3.8) is 0 Å². The van der Waals surface area contributed by atoms with Crippen molar-refractivity contribution >= 4 is 0 Å². The molecule has 0 unspecified atom stereocenters. The second-order valence-electron chi connectivity index (χ2n) is 4.82. The number of hydrogen-bond donors (Lipinski definition) is 1. The van der Waals surface area contributed by atoms with Gasteiger partial charge in [0.25, 0.3) is 0 Å². The van der Waals surface area contributed by atoms with E-state index in [4.69, 9.17) is 5.73 Å². The van der Waals surface area contributed by atoms with Gasteiger partial charge in [-0.1, -0.05) is 26.0 Å². The maximum Gasteiger partial charge on any atom is 0.0839 e. The summed E-state index contributed by atoms with van der Waals surface area (Å²) in [5.41, 5.74) is 6.77. The number of nitrogens with two attached hydrogens (primary N) is 1. The summed E-state index contributed by atoms with van der Waals surface area (Å²) < 4.78 is 1.90. The molecule has 0 aromatic carbocycles. The minimum atomic E-state index is 0.347. The van der Waals surface area contributed by atoms with Crippen molar-refractivity contribution in [2.45, 2.75) is 40.2 Å². The molecule has 0 saturated heterocycles. The van der Waals surface area contributed by atoms with E-state index in [-0.39, 0.29) is 0 Å². The summed E-state index contributed by atoms with van der Waals surface area (Å²) in [4.78, 5) is 0. The van der Waals surface area contributed by atoms with Gasteiger partial charge in [-0.25, -0.2) is 0 Å². The zero-order valence-corrected chi connectivity index (χ0v) is 9.32. The van der Waals surface area contributed by atoms with Crippen molar-refractivity contribution in [1.82, 2.24) is 15.0 Å². The third kappa shape index (κ3) is 3.87. The van der Waals surface area contributed by atoms with Gasteiger partial charge in [0, 0.05) is 19.2 Å². The Morgan fingerprint density at radius 2 is 2.14 bits per heavy atom. The van der Waals surface area contributed by atoms with Gasteiger partial charge >= 0.3 is 0 Å². The molecule has 0 bridgehead atoms. The molecule has 0 spiro atoms. The van der Waals surface area contributed by atoms with Gasteiger partial charge in [-0.15, -0.1) is 5.10 Å². The molecule has 0 aliphatic heterocycles. The van der Waals surface area contributed by atoms with Crippen LogP contribution in [0.1, 0.15) is 32.9 Å². The zero-order valence-electron chi connectivity index (χ0n) is 9.32. The van der Waals surface area contributed by atoms with Crippen LogP contribution >= 0.6 is 0 Å². The fraction of sp³-hybridized carbons (Fsp3) is 0.800. The molecular weight excluding hydrogens is 176 g/mol. The molecule has 0 amide bonds. The van der Waals surface area contributed by atoms with Crippen LogP contribution in [0.3, 0.4) is 0 Å². The fourth-order valence-electron chi connectivity index (χ4n) is 1.16. The number of hydrogen-bond acceptors (Lipinski definition) is 3. The van der Waals surface area contributed by atoms with Crippen LogP contribution < -0.4 is 5.73 Å². The summed E-state index contributed by atoms with van der Waals surface area (Å²) in [6.07, 6.45) is 3.91. The van der Waals surface area contributed by atoms with Crippen LogP contribution in [0.2, 0.25) is 0 Å². The van der Waals surface area contributed by atoms with Crippen LogP contribution in [0.25, 0.3) is 0 Å². The van der Waals surface area contributed by atoms with Crippen LogP contribution in [0.15, 0.2) is 6.20 Å².